The van der Waals surface area contributed by atoms with Gasteiger partial charge in [-0.15, -0.1) is 0 Å². The molecule has 112 valence electrons. The van der Waals surface area contributed by atoms with Crippen LogP contribution in [0.4, 0.5) is 11.6 Å². The first-order chi connectivity index (χ1) is 9.76. The molecule has 5 nitrogen and oxygen atoms in total. The Hall–Kier alpha value is -1.36. The third-order valence-corrected chi connectivity index (χ3v) is 3.81. The number of nitrogens with zero attached hydrogens (tertiary/aromatic N) is 4. The molecule has 1 fully saturated rings. The Labute approximate surface area is 122 Å². The van der Waals surface area contributed by atoms with Crippen LogP contribution in [-0.4, -0.2) is 54.1 Å². The SMILES string of the molecule is CCCNc1ncnc(N2CCN(CCC)CC2)c1C. The standard InChI is InChI=1S/C15H27N5/c1-4-6-16-14-13(3)15(18-12-17-14)20-10-8-19(7-5-2)9-11-20/h12H,4-11H2,1-3H3,(H,16,17,18). The van der Waals surface area contributed by atoms with Gasteiger partial charge in [0.2, 0.25) is 0 Å². The average Bonchev–Trinajstić information content (AvgIpc) is 2.48. The molecule has 1 aliphatic heterocycles. The minimum absolute atomic E-state index is 0.960. The number of piperazine rings is 1. The van der Waals surface area contributed by atoms with Crippen LogP contribution in [0.1, 0.15) is 32.3 Å². The fourth-order valence-corrected chi connectivity index (χ4v) is 2.68. The lowest BCUT2D eigenvalue weighted by Crippen LogP contribution is -2.47. The van der Waals surface area contributed by atoms with Crippen LogP contribution in [0.25, 0.3) is 0 Å². The van der Waals surface area contributed by atoms with Crippen molar-refractivity contribution < 1.29 is 0 Å². The molecule has 0 amide bonds. The molecular formula is C15H27N5. The molecule has 0 saturated carbocycles. The van der Waals surface area contributed by atoms with Gasteiger partial charge in [-0.3, -0.25) is 4.90 Å². The van der Waals surface area contributed by atoms with Crippen molar-refractivity contribution in [3.8, 4) is 0 Å². The smallest absolute Gasteiger partial charge is 0.137 e. The van der Waals surface area contributed by atoms with Gasteiger partial charge in [-0.1, -0.05) is 13.8 Å². The molecule has 1 aromatic heterocycles. The van der Waals surface area contributed by atoms with Crippen LogP contribution in [0.2, 0.25) is 0 Å². The van der Waals surface area contributed by atoms with E-state index in [1.54, 1.807) is 6.33 Å². The van der Waals surface area contributed by atoms with E-state index >= 15 is 0 Å². The molecule has 0 aromatic carbocycles. The van der Waals surface area contributed by atoms with E-state index in [0.717, 1.165) is 50.8 Å². The lowest BCUT2D eigenvalue weighted by atomic mass is 10.2. The van der Waals surface area contributed by atoms with E-state index in [9.17, 15) is 0 Å². The van der Waals surface area contributed by atoms with E-state index in [1.807, 2.05) is 0 Å². The predicted octanol–water partition coefficient (Wildman–Crippen LogP) is 2.14. The first-order valence-electron chi connectivity index (χ1n) is 7.79. The van der Waals surface area contributed by atoms with Gasteiger partial charge >= 0.3 is 0 Å². The number of anilines is 2. The monoisotopic (exact) mass is 277 g/mol. The minimum Gasteiger partial charge on any atom is -0.370 e. The van der Waals surface area contributed by atoms with Gasteiger partial charge in [0.15, 0.2) is 0 Å². The van der Waals surface area contributed by atoms with Crippen molar-refractivity contribution in [2.45, 2.75) is 33.6 Å². The Morgan fingerprint density at radius 3 is 2.50 bits per heavy atom. The van der Waals surface area contributed by atoms with Crippen molar-refractivity contribution >= 4 is 11.6 Å². The van der Waals surface area contributed by atoms with Gasteiger partial charge in [-0.25, -0.2) is 9.97 Å². The van der Waals surface area contributed by atoms with Crippen LogP contribution in [-0.2, 0) is 0 Å². The first kappa shape index (κ1) is 15.0. The Morgan fingerprint density at radius 1 is 1.10 bits per heavy atom. The second kappa shape index (κ2) is 7.43. The maximum absolute atomic E-state index is 4.50. The van der Waals surface area contributed by atoms with Gasteiger partial charge in [0.1, 0.15) is 18.0 Å². The van der Waals surface area contributed by atoms with Crippen molar-refractivity contribution in [3.05, 3.63) is 11.9 Å². The highest BCUT2D eigenvalue weighted by Gasteiger charge is 2.19. The average molecular weight is 277 g/mol. The molecule has 2 heterocycles. The molecule has 20 heavy (non-hydrogen) atoms. The van der Waals surface area contributed by atoms with Gasteiger partial charge in [-0.05, 0) is 26.3 Å². The summed E-state index contributed by atoms with van der Waals surface area (Å²) in [6.07, 6.45) is 4.02. The molecular weight excluding hydrogens is 250 g/mol. The van der Waals surface area contributed by atoms with Crippen molar-refractivity contribution in [1.82, 2.24) is 14.9 Å². The number of rotatable bonds is 6. The van der Waals surface area contributed by atoms with E-state index in [-0.39, 0.29) is 0 Å². The fraction of sp³-hybridized carbons (Fsp3) is 0.733. The van der Waals surface area contributed by atoms with Crippen LogP contribution in [0.15, 0.2) is 6.33 Å². The second-order valence-corrected chi connectivity index (χ2v) is 5.43. The summed E-state index contributed by atoms with van der Waals surface area (Å²) in [6, 6.07) is 0. The zero-order valence-electron chi connectivity index (χ0n) is 13.0. The van der Waals surface area contributed by atoms with Crippen LogP contribution in [0.3, 0.4) is 0 Å². The summed E-state index contributed by atoms with van der Waals surface area (Å²) >= 11 is 0. The molecule has 5 heteroatoms. The fourth-order valence-electron chi connectivity index (χ4n) is 2.68. The number of hydrogen-bond donors (Lipinski definition) is 1. The summed E-state index contributed by atoms with van der Waals surface area (Å²) in [6.45, 7) is 13.1. The van der Waals surface area contributed by atoms with Crippen molar-refractivity contribution in [3.63, 3.8) is 0 Å². The van der Waals surface area contributed by atoms with Crippen LogP contribution < -0.4 is 10.2 Å². The summed E-state index contributed by atoms with van der Waals surface area (Å²) in [4.78, 5) is 13.8. The van der Waals surface area contributed by atoms with Crippen LogP contribution in [0.5, 0.6) is 0 Å². The number of nitrogens with one attached hydrogen (secondary N) is 1. The summed E-state index contributed by atoms with van der Waals surface area (Å²) in [7, 11) is 0. The highest BCUT2D eigenvalue weighted by Crippen LogP contribution is 2.23. The van der Waals surface area contributed by atoms with E-state index in [0.29, 0.717) is 0 Å². The molecule has 1 aromatic rings. The Bertz CT molecular complexity index is 413. The normalized spacial score (nSPS) is 16.4. The van der Waals surface area contributed by atoms with Crippen molar-refractivity contribution in [1.29, 1.82) is 0 Å². The number of hydrogen-bond acceptors (Lipinski definition) is 5. The van der Waals surface area contributed by atoms with Gasteiger partial charge in [0.05, 0.1) is 0 Å². The van der Waals surface area contributed by atoms with E-state index < -0.39 is 0 Å². The summed E-state index contributed by atoms with van der Waals surface area (Å²) < 4.78 is 0. The molecule has 2 rings (SSSR count). The topological polar surface area (TPSA) is 44.3 Å². The maximum atomic E-state index is 4.50. The lowest BCUT2D eigenvalue weighted by molar-refractivity contribution is 0.258. The lowest BCUT2D eigenvalue weighted by Gasteiger charge is -2.36. The van der Waals surface area contributed by atoms with Gasteiger partial charge < -0.3 is 10.2 Å². The van der Waals surface area contributed by atoms with E-state index in [2.05, 4.69) is 45.9 Å². The molecule has 0 bridgehead atoms. The van der Waals surface area contributed by atoms with Gasteiger partial charge in [0.25, 0.3) is 0 Å². The molecule has 1 saturated heterocycles. The first-order valence-corrected chi connectivity index (χ1v) is 7.79. The highest BCUT2D eigenvalue weighted by atomic mass is 15.3. The van der Waals surface area contributed by atoms with Gasteiger partial charge in [-0.2, -0.15) is 0 Å². The minimum atomic E-state index is 0.960. The third kappa shape index (κ3) is 3.60. The second-order valence-electron chi connectivity index (χ2n) is 5.43. The quantitative estimate of drug-likeness (QED) is 0.863. The highest BCUT2D eigenvalue weighted by molar-refractivity contribution is 5.58. The zero-order chi connectivity index (χ0) is 14.4. The Kier molecular flexibility index (Phi) is 5.59. The van der Waals surface area contributed by atoms with E-state index in [4.69, 9.17) is 0 Å². The maximum Gasteiger partial charge on any atom is 0.137 e. The summed E-state index contributed by atoms with van der Waals surface area (Å²) in [5.74, 6) is 2.07. The largest absolute Gasteiger partial charge is 0.370 e. The Balaban J connectivity index is 2.02. The molecule has 0 unspecified atom stereocenters. The molecule has 0 atom stereocenters. The van der Waals surface area contributed by atoms with Crippen molar-refractivity contribution in [2.75, 3.05) is 49.5 Å². The van der Waals surface area contributed by atoms with Crippen LogP contribution in [0, 0.1) is 6.92 Å². The molecule has 1 aliphatic rings. The number of aromatic nitrogens is 2. The third-order valence-electron chi connectivity index (χ3n) is 3.81. The zero-order valence-corrected chi connectivity index (χ0v) is 13.0. The van der Waals surface area contributed by atoms with Crippen molar-refractivity contribution in [2.24, 2.45) is 0 Å². The predicted molar refractivity (Wildman–Crippen MR) is 84.5 cm³/mol. The summed E-state index contributed by atoms with van der Waals surface area (Å²) in [5.41, 5.74) is 1.17. The molecule has 1 N–H and O–H groups in total. The van der Waals surface area contributed by atoms with Crippen LogP contribution >= 0.6 is 0 Å². The molecule has 0 spiro atoms. The van der Waals surface area contributed by atoms with Gasteiger partial charge in [0, 0.05) is 38.3 Å². The molecule has 0 radical (unpaired) electrons. The summed E-state index contributed by atoms with van der Waals surface area (Å²) in [5, 5.41) is 3.38. The molecule has 0 aliphatic carbocycles. The van der Waals surface area contributed by atoms with E-state index in [1.165, 1.54) is 18.5 Å². The Morgan fingerprint density at radius 2 is 1.85 bits per heavy atom.